The molecule has 0 fully saturated rings. The van der Waals surface area contributed by atoms with Crippen molar-refractivity contribution in [3.63, 3.8) is 0 Å². The van der Waals surface area contributed by atoms with Gasteiger partial charge in [-0.25, -0.2) is 0 Å². The van der Waals surface area contributed by atoms with Crippen LogP contribution in [0.15, 0.2) is 28.7 Å². The molecular formula is C17H24BrN3. The molecule has 0 bridgehead atoms. The summed E-state index contributed by atoms with van der Waals surface area (Å²) < 4.78 is 3.26. The molecule has 4 heteroatoms. The first-order valence-corrected chi connectivity index (χ1v) is 8.39. The molecule has 114 valence electrons. The van der Waals surface area contributed by atoms with Crippen LogP contribution >= 0.6 is 15.9 Å². The summed E-state index contributed by atoms with van der Waals surface area (Å²) in [5, 5.41) is 8.18. The van der Waals surface area contributed by atoms with Crippen molar-refractivity contribution < 1.29 is 0 Å². The Morgan fingerprint density at radius 1 is 1.19 bits per heavy atom. The molecule has 3 nitrogen and oxygen atoms in total. The van der Waals surface area contributed by atoms with E-state index in [1.165, 1.54) is 23.2 Å². The zero-order valence-electron chi connectivity index (χ0n) is 13.1. The zero-order valence-corrected chi connectivity index (χ0v) is 14.7. The normalized spacial score (nSPS) is 11.0. The van der Waals surface area contributed by atoms with Crippen molar-refractivity contribution in [1.29, 1.82) is 0 Å². The van der Waals surface area contributed by atoms with Crippen LogP contribution in [0.1, 0.15) is 35.9 Å². The number of rotatable bonds is 7. The summed E-state index contributed by atoms with van der Waals surface area (Å²) in [6.07, 6.45) is 2.23. The standard InChI is InChI=1S/C17H24BrN3/c1-4-10-19-11-9-16-13(2)20-21(14(16)3)12-15-7-5-6-8-17(15)18/h5-8,19H,4,9-12H2,1-3H3. The molecule has 0 unspecified atom stereocenters. The molecule has 0 saturated heterocycles. The van der Waals surface area contributed by atoms with Gasteiger partial charge < -0.3 is 5.32 Å². The summed E-state index contributed by atoms with van der Waals surface area (Å²) in [6, 6.07) is 8.33. The summed E-state index contributed by atoms with van der Waals surface area (Å²) in [4.78, 5) is 0. The molecule has 0 aliphatic carbocycles. The molecule has 0 radical (unpaired) electrons. The smallest absolute Gasteiger partial charge is 0.0673 e. The number of nitrogens with zero attached hydrogens (tertiary/aromatic N) is 2. The Morgan fingerprint density at radius 2 is 1.95 bits per heavy atom. The third-order valence-electron chi connectivity index (χ3n) is 3.79. The van der Waals surface area contributed by atoms with Gasteiger partial charge in [-0.2, -0.15) is 5.10 Å². The Bertz CT molecular complexity index is 590. The average Bonchev–Trinajstić information content (AvgIpc) is 2.73. The van der Waals surface area contributed by atoms with Gasteiger partial charge in [-0.1, -0.05) is 41.1 Å². The predicted molar refractivity (Wildman–Crippen MR) is 91.8 cm³/mol. The van der Waals surface area contributed by atoms with E-state index in [4.69, 9.17) is 5.10 Å². The second-order valence-electron chi connectivity index (χ2n) is 5.40. The minimum Gasteiger partial charge on any atom is -0.316 e. The van der Waals surface area contributed by atoms with Crippen LogP contribution in [0.2, 0.25) is 0 Å². The highest BCUT2D eigenvalue weighted by Crippen LogP contribution is 2.20. The lowest BCUT2D eigenvalue weighted by Gasteiger charge is -2.08. The lowest BCUT2D eigenvalue weighted by Crippen LogP contribution is -2.18. The molecular weight excluding hydrogens is 326 g/mol. The molecule has 0 saturated carbocycles. The van der Waals surface area contributed by atoms with Gasteiger partial charge in [0, 0.05) is 10.2 Å². The van der Waals surface area contributed by atoms with Crippen LogP contribution < -0.4 is 5.32 Å². The first-order valence-electron chi connectivity index (χ1n) is 7.60. The summed E-state index contributed by atoms with van der Waals surface area (Å²) in [7, 11) is 0. The Kier molecular flexibility index (Phi) is 6.00. The molecule has 0 atom stereocenters. The summed E-state index contributed by atoms with van der Waals surface area (Å²) >= 11 is 3.61. The third kappa shape index (κ3) is 4.17. The van der Waals surface area contributed by atoms with Gasteiger partial charge in [0.2, 0.25) is 0 Å². The summed E-state index contributed by atoms with van der Waals surface area (Å²) in [5.41, 5.74) is 5.07. The van der Waals surface area contributed by atoms with Crippen LogP contribution in [-0.2, 0) is 13.0 Å². The highest BCUT2D eigenvalue weighted by Gasteiger charge is 2.12. The van der Waals surface area contributed by atoms with Crippen molar-refractivity contribution in [3.8, 4) is 0 Å². The van der Waals surface area contributed by atoms with Gasteiger partial charge in [-0.15, -0.1) is 0 Å². The van der Waals surface area contributed by atoms with Gasteiger partial charge in [-0.05, 0) is 57.0 Å². The summed E-state index contributed by atoms with van der Waals surface area (Å²) in [5.74, 6) is 0. The molecule has 0 amide bonds. The molecule has 0 aliphatic heterocycles. The van der Waals surface area contributed by atoms with Gasteiger partial charge in [0.25, 0.3) is 0 Å². The van der Waals surface area contributed by atoms with Gasteiger partial charge in [0.05, 0.1) is 12.2 Å². The largest absolute Gasteiger partial charge is 0.316 e. The zero-order chi connectivity index (χ0) is 15.2. The Balaban J connectivity index is 2.10. The van der Waals surface area contributed by atoms with E-state index in [0.717, 1.165) is 36.2 Å². The minimum atomic E-state index is 0.816. The maximum atomic E-state index is 4.71. The second kappa shape index (κ2) is 7.76. The van der Waals surface area contributed by atoms with Crippen molar-refractivity contribution in [3.05, 3.63) is 51.3 Å². The van der Waals surface area contributed by atoms with Crippen molar-refractivity contribution in [1.82, 2.24) is 15.1 Å². The Labute approximate surface area is 135 Å². The number of aromatic nitrogens is 2. The monoisotopic (exact) mass is 349 g/mol. The fourth-order valence-electron chi connectivity index (χ4n) is 2.55. The van der Waals surface area contributed by atoms with E-state index in [9.17, 15) is 0 Å². The highest BCUT2D eigenvalue weighted by molar-refractivity contribution is 9.10. The lowest BCUT2D eigenvalue weighted by molar-refractivity contribution is 0.651. The molecule has 1 aromatic carbocycles. The minimum absolute atomic E-state index is 0.816. The van der Waals surface area contributed by atoms with E-state index in [1.807, 2.05) is 6.07 Å². The molecule has 21 heavy (non-hydrogen) atoms. The molecule has 0 aliphatic rings. The molecule has 2 rings (SSSR count). The first-order chi connectivity index (χ1) is 10.1. The average molecular weight is 350 g/mol. The Hall–Kier alpha value is -1.13. The number of aryl methyl sites for hydroxylation is 1. The fourth-order valence-corrected chi connectivity index (χ4v) is 2.96. The van der Waals surface area contributed by atoms with Gasteiger partial charge >= 0.3 is 0 Å². The van der Waals surface area contributed by atoms with Crippen LogP contribution in [0.4, 0.5) is 0 Å². The van der Waals surface area contributed by atoms with Crippen molar-refractivity contribution in [2.75, 3.05) is 13.1 Å². The predicted octanol–water partition coefficient (Wildman–Crippen LogP) is 3.85. The van der Waals surface area contributed by atoms with Crippen LogP contribution in [0.25, 0.3) is 0 Å². The topological polar surface area (TPSA) is 29.9 Å². The van der Waals surface area contributed by atoms with E-state index >= 15 is 0 Å². The van der Waals surface area contributed by atoms with E-state index < -0.39 is 0 Å². The second-order valence-corrected chi connectivity index (χ2v) is 6.25. The van der Waals surface area contributed by atoms with Crippen LogP contribution in [0, 0.1) is 13.8 Å². The number of hydrogen-bond acceptors (Lipinski definition) is 2. The quantitative estimate of drug-likeness (QED) is 0.769. The molecule has 1 heterocycles. The maximum absolute atomic E-state index is 4.71. The van der Waals surface area contributed by atoms with E-state index in [1.54, 1.807) is 0 Å². The number of halogens is 1. The van der Waals surface area contributed by atoms with Crippen molar-refractivity contribution >= 4 is 15.9 Å². The summed E-state index contributed by atoms with van der Waals surface area (Å²) in [6.45, 7) is 9.40. The van der Waals surface area contributed by atoms with Crippen LogP contribution in [0.3, 0.4) is 0 Å². The number of benzene rings is 1. The maximum Gasteiger partial charge on any atom is 0.0673 e. The third-order valence-corrected chi connectivity index (χ3v) is 4.56. The SMILES string of the molecule is CCCNCCc1c(C)nn(Cc2ccccc2Br)c1C. The molecule has 2 aromatic rings. The fraction of sp³-hybridized carbons (Fsp3) is 0.471. The van der Waals surface area contributed by atoms with Gasteiger partial charge in [-0.3, -0.25) is 4.68 Å². The highest BCUT2D eigenvalue weighted by atomic mass is 79.9. The van der Waals surface area contributed by atoms with Crippen LogP contribution in [-0.4, -0.2) is 22.9 Å². The van der Waals surface area contributed by atoms with Crippen molar-refractivity contribution in [2.45, 2.75) is 40.2 Å². The first kappa shape index (κ1) is 16.2. The van der Waals surface area contributed by atoms with Gasteiger partial charge in [0.1, 0.15) is 0 Å². The lowest BCUT2D eigenvalue weighted by atomic mass is 10.1. The Morgan fingerprint density at radius 3 is 2.67 bits per heavy atom. The van der Waals surface area contributed by atoms with Crippen LogP contribution in [0.5, 0.6) is 0 Å². The van der Waals surface area contributed by atoms with E-state index in [0.29, 0.717) is 0 Å². The van der Waals surface area contributed by atoms with E-state index in [2.05, 4.69) is 64.9 Å². The van der Waals surface area contributed by atoms with Gasteiger partial charge in [0.15, 0.2) is 0 Å². The number of hydrogen-bond donors (Lipinski definition) is 1. The molecule has 1 aromatic heterocycles. The number of nitrogens with one attached hydrogen (secondary N) is 1. The van der Waals surface area contributed by atoms with E-state index in [-0.39, 0.29) is 0 Å². The van der Waals surface area contributed by atoms with Crippen molar-refractivity contribution in [2.24, 2.45) is 0 Å². The molecule has 1 N–H and O–H groups in total. The molecule has 0 spiro atoms.